The van der Waals surface area contributed by atoms with Crippen LogP contribution in [0.2, 0.25) is 0 Å². The molecule has 0 aliphatic heterocycles. The highest BCUT2D eigenvalue weighted by atomic mass is 79.9. The van der Waals surface area contributed by atoms with Crippen molar-refractivity contribution in [3.05, 3.63) is 52.0 Å². The van der Waals surface area contributed by atoms with Gasteiger partial charge in [-0.25, -0.2) is 5.43 Å². The van der Waals surface area contributed by atoms with Crippen molar-refractivity contribution in [1.29, 1.82) is 0 Å². The van der Waals surface area contributed by atoms with Crippen LogP contribution in [0, 0.1) is 0 Å². The highest BCUT2D eigenvalue weighted by molar-refractivity contribution is 9.10. The number of amides is 1. The Labute approximate surface area is 161 Å². The quantitative estimate of drug-likeness (QED) is 0.504. The van der Waals surface area contributed by atoms with E-state index in [1.165, 1.54) is 18.9 Å². The summed E-state index contributed by atoms with van der Waals surface area (Å²) in [6.07, 6.45) is 3.56. The van der Waals surface area contributed by atoms with Crippen LogP contribution in [-0.4, -0.2) is 30.9 Å². The number of rotatable bonds is 8. The topological polar surface area (TPSA) is 80.2 Å². The number of hydrogen-bond acceptors (Lipinski definition) is 5. The lowest BCUT2D eigenvalue weighted by atomic mass is 10.1. The summed E-state index contributed by atoms with van der Waals surface area (Å²) in [4.78, 5) is 11.8. The van der Waals surface area contributed by atoms with Crippen LogP contribution in [0.1, 0.15) is 24.5 Å². The van der Waals surface area contributed by atoms with Gasteiger partial charge in [0.2, 0.25) is 0 Å². The van der Waals surface area contributed by atoms with Gasteiger partial charge in [-0.2, -0.15) is 5.10 Å². The van der Waals surface area contributed by atoms with Crippen molar-refractivity contribution >= 4 is 28.1 Å². The molecule has 0 atom stereocenters. The highest BCUT2D eigenvalue weighted by Crippen LogP contribution is 2.34. The van der Waals surface area contributed by atoms with Gasteiger partial charge in [-0.05, 0) is 57.7 Å². The minimum atomic E-state index is -0.372. The Bertz CT molecular complexity index is 776. The third-order valence-corrected chi connectivity index (χ3v) is 4.11. The number of halogens is 1. The number of ether oxygens (including phenoxy) is 2. The van der Waals surface area contributed by atoms with Gasteiger partial charge in [0.15, 0.2) is 18.1 Å². The number of methoxy groups -OCH3 is 1. The zero-order chi connectivity index (χ0) is 18.9. The summed E-state index contributed by atoms with van der Waals surface area (Å²) in [5.74, 6) is 0.578. The summed E-state index contributed by atoms with van der Waals surface area (Å²) in [5, 5.41) is 13.6. The second-order valence-corrected chi connectivity index (χ2v) is 6.38. The van der Waals surface area contributed by atoms with Crippen molar-refractivity contribution in [2.24, 2.45) is 5.10 Å². The normalized spacial score (nSPS) is 10.7. The van der Waals surface area contributed by atoms with E-state index in [0.29, 0.717) is 21.5 Å². The molecule has 0 aliphatic rings. The summed E-state index contributed by atoms with van der Waals surface area (Å²) in [5.41, 5.74) is 4.28. The van der Waals surface area contributed by atoms with Gasteiger partial charge in [-0.3, -0.25) is 4.79 Å². The van der Waals surface area contributed by atoms with Crippen LogP contribution in [0.3, 0.4) is 0 Å². The molecule has 2 N–H and O–H groups in total. The molecule has 0 aliphatic carbocycles. The molecular formula is C19H21BrN2O4. The maximum Gasteiger partial charge on any atom is 0.277 e. The maximum atomic E-state index is 11.8. The van der Waals surface area contributed by atoms with Crippen LogP contribution in [0.4, 0.5) is 0 Å². The van der Waals surface area contributed by atoms with E-state index in [1.54, 1.807) is 12.1 Å². The maximum absolute atomic E-state index is 11.8. The Morgan fingerprint density at radius 2 is 2.04 bits per heavy atom. The molecule has 0 saturated carbocycles. The molecule has 0 aromatic heterocycles. The zero-order valence-corrected chi connectivity index (χ0v) is 16.2. The number of benzene rings is 2. The van der Waals surface area contributed by atoms with Crippen molar-refractivity contribution in [2.45, 2.75) is 19.8 Å². The predicted octanol–water partition coefficient (Wildman–Crippen LogP) is 3.64. The Hall–Kier alpha value is -2.54. The van der Waals surface area contributed by atoms with Gasteiger partial charge in [0, 0.05) is 0 Å². The van der Waals surface area contributed by atoms with E-state index >= 15 is 0 Å². The monoisotopic (exact) mass is 420 g/mol. The van der Waals surface area contributed by atoms with Gasteiger partial charge in [-0.15, -0.1) is 0 Å². The van der Waals surface area contributed by atoms with Crippen LogP contribution in [0.5, 0.6) is 17.2 Å². The number of aromatic hydroxyl groups is 1. The second-order valence-electron chi connectivity index (χ2n) is 5.53. The van der Waals surface area contributed by atoms with Gasteiger partial charge in [-0.1, -0.05) is 25.5 Å². The molecule has 2 rings (SSSR count). The first-order chi connectivity index (χ1) is 12.5. The molecule has 0 fully saturated rings. The van der Waals surface area contributed by atoms with E-state index in [9.17, 15) is 9.90 Å². The largest absolute Gasteiger partial charge is 0.503 e. The Morgan fingerprint density at radius 1 is 1.31 bits per heavy atom. The highest BCUT2D eigenvalue weighted by Gasteiger charge is 2.07. The molecule has 26 heavy (non-hydrogen) atoms. The molecule has 7 heteroatoms. The van der Waals surface area contributed by atoms with Crippen molar-refractivity contribution in [2.75, 3.05) is 13.7 Å². The third kappa shape index (κ3) is 5.77. The van der Waals surface area contributed by atoms with Crippen LogP contribution in [-0.2, 0) is 11.2 Å². The van der Waals surface area contributed by atoms with Gasteiger partial charge >= 0.3 is 0 Å². The minimum absolute atomic E-state index is 0.00652. The Kier molecular flexibility index (Phi) is 7.47. The number of nitrogens with zero attached hydrogens (tertiary/aromatic N) is 1. The van der Waals surface area contributed by atoms with Crippen LogP contribution < -0.4 is 14.9 Å². The fourth-order valence-corrected chi connectivity index (χ4v) is 2.68. The summed E-state index contributed by atoms with van der Waals surface area (Å²) in [7, 11) is 1.45. The molecule has 0 heterocycles. The van der Waals surface area contributed by atoms with Gasteiger partial charge in [0.25, 0.3) is 5.91 Å². The Morgan fingerprint density at radius 3 is 2.69 bits per heavy atom. The number of nitrogens with one attached hydrogen (secondary N) is 1. The van der Waals surface area contributed by atoms with Crippen LogP contribution >= 0.6 is 15.9 Å². The van der Waals surface area contributed by atoms with Crippen LogP contribution in [0.25, 0.3) is 0 Å². The van der Waals surface area contributed by atoms with E-state index in [4.69, 9.17) is 9.47 Å². The van der Waals surface area contributed by atoms with E-state index in [-0.39, 0.29) is 18.3 Å². The van der Waals surface area contributed by atoms with Crippen LogP contribution in [0.15, 0.2) is 46.0 Å². The zero-order valence-electron chi connectivity index (χ0n) is 14.7. The number of carbonyl (C=O) groups is 1. The SMILES string of the molecule is CCCc1ccc(OCC(=O)N/N=C/c2cc(Br)c(O)c(OC)c2)cc1. The molecule has 138 valence electrons. The standard InChI is InChI=1S/C19H21BrN2O4/c1-3-4-13-5-7-15(8-6-13)26-12-18(23)22-21-11-14-9-16(20)19(24)17(10-14)25-2/h5-11,24H,3-4,12H2,1-2H3,(H,22,23)/b21-11+. The average molecular weight is 421 g/mol. The van der Waals surface area contributed by atoms with Crippen molar-refractivity contribution in [3.8, 4) is 17.2 Å². The molecular weight excluding hydrogens is 400 g/mol. The number of hydrazone groups is 1. The molecule has 0 bridgehead atoms. The molecule has 1 amide bonds. The molecule has 0 spiro atoms. The molecule has 0 unspecified atom stereocenters. The molecule has 6 nitrogen and oxygen atoms in total. The second kappa shape index (κ2) is 9.82. The molecule has 0 radical (unpaired) electrons. The lowest BCUT2D eigenvalue weighted by Crippen LogP contribution is -2.24. The first kappa shape index (κ1) is 19.8. The molecule has 0 saturated heterocycles. The minimum Gasteiger partial charge on any atom is -0.503 e. The summed E-state index contributed by atoms with van der Waals surface area (Å²) in [6, 6.07) is 10.9. The number of aryl methyl sites for hydroxylation is 1. The number of hydrogen-bond donors (Lipinski definition) is 2. The first-order valence-electron chi connectivity index (χ1n) is 8.13. The fourth-order valence-electron chi connectivity index (χ4n) is 2.22. The average Bonchev–Trinajstić information content (AvgIpc) is 2.64. The Balaban J connectivity index is 1.84. The van der Waals surface area contributed by atoms with Gasteiger partial charge in [0.1, 0.15) is 5.75 Å². The van der Waals surface area contributed by atoms with E-state index in [0.717, 1.165) is 12.8 Å². The number of carbonyl (C=O) groups excluding carboxylic acids is 1. The smallest absolute Gasteiger partial charge is 0.277 e. The van der Waals surface area contributed by atoms with Gasteiger partial charge < -0.3 is 14.6 Å². The first-order valence-corrected chi connectivity index (χ1v) is 8.93. The number of phenolic OH excluding ortho intramolecular Hbond substituents is 1. The fraction of sp³-hybridized carbons (Fsp3) is 0.263. The van der Waals surface area contributed by atoms with E-state index < -0.39 is 0 Å². The summed E-state index contributed by atoms with van der Waals surface area (Å²) < 4.78 is 11.0. The third-order valence-electron chi connectivity index (χ3n) is 3.51. The van der Waals surface area contributed by atoms with Crippen molar-refractivity contribution in [1.82, 2.24) is 5.43 Å². The lowest BCUT2D eigenvalue weighted by Gasteiger charge is -2.07. The van der Waals surface area contributed by atoms with Gasteiger partial charge in [0.05, 0.1) is 17.8 Å². The van der Waals surface area contributed by atoms with E-state index in [1.807, 2.05) is 24.3 Å². The van der Waals surface area contributed by atoms with Crippen molar-refractivity contribution < 1.29 is 19.4 Å². The lowest BCUT2D eigenvalue weighted by molar-refractivity contribution is -0.123. The summed E-state index contributed by atoms with van der Waals surface area (Å²) in [6.45, 7) is 2.00. The predicted molar refractivity (Wildman–Crippen MR) is 104 cm³/mol. The molecule has 2 aromatic rings. The number of phenols is 1. The molecule has 2 aromatic carbocycles. The van der Waals surface area contributed by atoms with E-state index in [2.05, 4.69) is 33.4 Å². The van der Waals surface area contributed by atoms with Crippen molar-refractivity contribution in [3.63, 3.8) is 0 Å². The summed E-state index contributed by atoms with van der Waals surface area (Å²) >= 11 is 3.23.